The summed E-state index contributed by atoms with van der Waals surface area (Å²) in [5.41, 5.74) is 2.13. The topological polar surface area (TPSA) is 73.2 Å². The van der Waals surface area contributed by atoms with E-state index >= 15 is 0 Å². The lowest BCUT2D eigenvalue weighted by atomic mass is 10.1. The quantitative estimate of drug-likeness (QED) is 0.859. The molecule has 0 radical (unpaired) electrons. The van der Waals surface area contributed by atoms with Crippen molar-refractivity contribution in [3.05, 3.63) is 34.0 Å². The normalized spacial score (nSPS) is 10.5. The first-order chi connectivity index (χ1) is 10.4. The molecule has 118 valence electrons. The van der Waals surface area contributed by atoms with E-state index in [2.05, 4.69) is 10.4 Å². The maximum Gasteiger partial charge on any atom is 0.341 e. The Hall–Kier alpha value is -2.15. The molecule has 0 aliphatic rings. The molecule has 0 fully saturated rings. The number of hydrogen-bond acceptors (Lipinski definition) is 5. The summed E-state index contributed by atoms with van der Waals surface area (Å²) >= 11 is 1.38. The molecule has 2 aromatic rings. The predicted octanol–water partition coefficient (Wildman–Crippen LogP) is 2.69. The number of rotatable bonds is 5. The monoisotopic (exact) mass is 321 g/mol. The highest BCUT2D eigenvalue weighted by molar-refractivity contribution is 7.16. The van der Waals surface area contributed by atoms with Gasteiger partial charge in [0.05, 0.1) is 17.9 Å². The van der Waals surface area contributed by atoms with E-state index in [1.807, 2.05) is 26.8 Å². The second kappa shape index (κ2) is 6.74. The lowest BCUT2D eigenvalue weighted by Gasteiger charge is -2.07. The third-order valence-electron chi connectivity index (χ3n) is 3.20. The van der Waals surface area contributed by atoms with Crippen molar-refractivity contribution in [2.24, 2.45) is 0 Å². The minimum atomic E-state index is -0.408. The lowest BCUT2D eigenvalue weighted by molar-refractivity contribution is -0.116. The molecule has 1 amide bonds. The summed E-state index contributed by atoms with van der Waals surface area (Å²) in [5.74, 6) is -0.635. The molecule has 0 bridgehead atoms. The minimum Gasteiger partial charge on any atom is -0.462 e. The van der Waals surface area contributed by atoms with Crippen molar-refractivity contribution >= 4 is 28.2 Å². The Morgan fingerprint density at radius 1 is 1.36 bits per heavy atom. The van der Waals surface area contributed by atoms with Gasteiger partial charge in [0.25, 0.3) is 0 Å². The Kier molecular flexibility index (Phi) is 4.97. The van der Waals surface area contributed by atoms with Crippen LogP contribution in [-0.2, 0) is 16.1 Å². The van der Waals surface area contributed by atoms with Crippen LogP contribution in [0, 0.1) is 20.8 Å². The molecule has 0 saturated heterocycles. The van der Waals surface area contributed by atoms with Gasteiger partial charge in [-0.05, 0) is 39.3 Å². The van der Waals surface area contributed by atoms with Crippen LogP contribution in [0.3, 0.4) is 0 Å². The Morgan fingerprint density at radius 3 is 2.68 bits per heavy atom. The second-order valence-corrected chi connectivity index (χ2v) is 6.14. The largest absolute Gasteiger partial charge is 0.462 e. The number of nitrogens with zero attached hydrogens (tertiary/aromatic N) is 2. The molecule has 0 aromatic carbocycles. The zero-order valence-electron chi connectivity index (χ0n) is 13.1. The number of esters is 1. The molecule has 1 N–H and O–H groups in total. The molecule has 6 nitrogen and oxygen atoms in total. The third-order valence-corrected chi connectivity index (χ3v) is 4.32. The number of thiophene rings is 1. The van der Waals surface area contributed by atoms with Crippen LogP contribution < -0.4 is 5.32 Å². The molecule has 0 atom stereocenters. The van der Waals surface area contributed by atoms with Gasteiger partial charge in [0.1, 0.15) is 11.5 Å². The van der Waals surface area contributed by atoms with E-state index in [0.29, 0.717) is 17.2 Å². The van der Waals surface area contributed by atoms with Gasteiger partial charge in [-0.25, -0.2) is 4.79 Å². The van der Waals surface area contributed by atoms with E-state index in [1.54, 1.807) is 17.8 Å². The molecule has 2 rings (SSSR count). The van der Waals surface area contributed by atoms with Crippen LogP contribution in [0.15, 0.2) is 12.3 Å². The van der Waals surface area contributed by atoms with Crippen LogP contribution in [0.5, 0.6) is 0 Å². The van der Waals surface area contributed by atoms with Gasteiger partial charge >= 0.3 is 5.97 Å². The maximum absolute atomic E-state index is 12.1. The average Bonchev–Trinajstić information content (AvgIpc) is 2.94. The molecule has 2 aromatic heterocycles. The van der Waals surface area contributed by atoms with Gasteiger partial charge in [0.15, 0.2) is 0 Å². The van der Waals surface area contributed by atoms with E-state index in [4.69, 9.17) is 4.74 Å². The molecule has 22 heavy (non-hydrogen) atoms. The number of amides is 1. The Morgan fingerprint density at radius 2 is 2.09 bits per heavy atom. The van der Waals surface area contributed by atoms with Gasteiger partial charge in [0, 0.05) is 11.1 Å². The van der Waals surface area contributed by atoms with E-state index < -0.39 is 5.97 Å². The van der Waals surface area contributed by atoms with Crippen molar-refractivity contribution in [1.82, 2.24) is 9.78 Å². The smallest absolute Gasteiger partial charge is 0.341 e. The fourth-order valence-corrected chi connectivity index (χ4v) is 3.09. The summed E-state index contributed by atoms with van der Waals surface area (Å²) in [4.78, 5) is 25.2. The van der Waals surface area contributed by atoms with Gasteiger partial charge in [0.2, 0.25) is 5.91 Å². The number of nitrogens with one attached hydrogen (secondary N) is 1. The van der Waals surface area contributed by atoms with Crippen molar-refractivity contribution in [2.45, 2.75) is 34.2 Å². The highest BCUT2D eigenvalue weighted by Crippen LogP contribution is 2.33. The first kappa shape index (κ1) is 16.2. The molecule has 0 aliphatic heterocycles. The number of carbonyl (C=O) groups is 2. The number of aromatic nitrogens is 2. The van der Waals surface area contributed by atoms with Crippen LogP contribution in [0.25, 0.3) is 0 Å². The van der Waals surface area contributed by atoms with Crippen LogP contribution >= 0.6 is 11.3 Å². The van der Waals surface area contributed by atoms with Gasteiger partial charge in [-0.3, -0.25) is 9.48 Å². The first-order valence-corrected chi connectivity index (χ1v) is 7.81. The molecular weight excluding hydrogens is 302 g/mol. The Labute approximate surface area is 133 Å². The van der Waals surface area contributed by atoms with Gasteiger partial charge in [-0.2, -0.15) is 5.10 Å². The molecule has 0 aliphatic carbocycles. The Bertz CT molecular complexity index is 703. The van der Waals surface area contributed by atoms with Crippen molar-refractivity contribution in [2.75, 3.05) is 11.9 Å². The molecule has 0 unspecified atom stereocenters. The van der Waals surface area contributed by atoms with Crippen molar-refractivity contribution in [3.8, 4) is 0 Å². The number of aryl methyl sites for hydroxylation is 2. The fraction of sp³-hybridized carbons (Fsp3) is 0.400. The highest BCUT2D eigenvalue weighted by Gasteiger charge is 2.22. The number of carbonyl (C=O) groups excluding carboxylic acids is 2. The van der Waals surface area contributed by atoms with E-state index in [-0.39, 0.29) is 12.5 Å². The number of hydrogen-bond donors (Lipinski definition) is 1. The van der Waals surface area contributed by atoms with Crippen molar-refractivity contribution < 1.29 is 14.3 Å². The molecule has 7 heteroatoms. The van der Waals surface area contributed by atoms with E-state index in [1.165, 1.54) is 11.3 Å². The number of ether oxygens (including phenoxy) is 1. The predicted molar refractivity (Wildman–Crippen MR) is 85.3 cm³/mol. The summed E-state index contributed by atoms with van der Waals surface area (Å²) < 4.78 is 6.62. The van der Waals surface area contributed by atoms with Gasteiger partial charge < -0.3 is 10.1 Å². The zero-order valence-corrected chi connectivity index (χ0v) is 13.9. The zero-order chi connectivity index (χ0) is 16.3. The second-order valence-electron chi connectivity index (χ2n) is 4.91. The van der Waals surface area contributed by atoms with Crippen LogP contribution in [-0.4, -0.2) is 28.3 Å². The third kappa shape index (κ3) is 3.54. The SMILES string of the molecule is CCOC(=O)c1c(NC(=O)Cn2ccc(C)n2)sc(C)c1C. The summed E-state index contributed by atoms with van der Waals surface area (Å²) in [6, 6.07) is 1.83. The van der Waals surface area contributed by atoms with E-state index in [0.717, 1.165) is 16.1 Å². The van der Waals surface area contributed by atoms with Crippen LogP contribution in [0.2, 0.25) is 0 Å². The molecule has 2 heterocycles. The molecular formula is C15H19N3O3S. The van der Waals surface area contributed by atoms with Crippen LogP contribution in [0.4, 0.5) is 5.00 Å². The molecule has 0 saturated carbocycles. The summed E-state index contributed by atoms with van der Waals surface area (Å²) in [6.45, 7) is 7.78. The van der Waals surface area contributed by atoms with E-state index in [9.17, 15) is 9.59 Å². The maximum atomic E-state index is 12.1. The van der Waals surface area contributed by atoms with Crippen molar-refractivity contribution in [3.63, 3.8) is 0 Å². The lowest BCUT2D eigenvalue weighted by Crippen LogP contribution is -2.20. The standard InChI is InChI=1S/C15H19N3O3S/c1-5-21-15(20)13-10(3)11(4)22-14(13)16-12(19)8-18-7-6-9(2)17-18/h6-7H,5,8H2,1-4H3,(H,16,19). The highest BCUT2D eigenvalue weighted by atomic mass is 32.1. The number of anilines is 1. The minimum absolute atomic E-state index is 0.103. The van der Waals surface area contributed by atoms with Gasteiger partial charge in [-0.15, -0.1) is 11.3 Å². The first-order valence-electron chi connectivity index (χ1n) is 6.99. The fourth-order valence-electron chi connectivity index (χ4n) is 2.03. The summed E-state index contributed by atoms with van der Waals surface area (Å²) in [6.07, 6.45) is 1.74. The average molecular weight is 321 g/mol. The van der Waals surface area contributed by atoms with Crippen molar-refractivity contribution in [1.29, 1.82) is 0 Å². The summed E-state index contributed by atoms with van der Waals surface area (Å²) in [5, 5.41) is 7.49. The van der Waals surface area contributed by atoms with Gasteiger partial charge in [-0.1, -0.05) is 0 Å². The molecule has 0 spiro atoms. The van der Waals surface area contributed by atoms with Crippen LogP contribution in [0.1, 0.15) is 33.4 Å². The Balaban J connectivity index is 2.16. The summed E-state index contributed by atoms with van der Waals surface area (Å²) in [7, 11) is 0.